The summed E-state index contributed by atoms with van der Waals surface area (Å²) in [5.74, 6) is -0.504. The van der Waals surface area contributed by atoms with Gasteiger partial charge in [0, 0.05) is 11.9 Å². The highest BCUT2D eigenvalue weighted by atomic mass is 16.8. The first kappa shape index (κ1) is 16.0. The zero-order chi connectivity index (χ0) is 16.8. The number of fused-ring (bicyclic) bond motifs is 1. The Morgan fingerprint density at radius 3 is 2.65 bits per heavy atom. The van der Waals surface area contributed by atoms with Crippen molar-refractivity contribution in [3.8, 4) is 0 Å². The lowest BCUT2D eigenvalue weighted by molar-refractivity contribution is -0.195. The van der Waals surface area contributed by atoms with Gasteiger partial charge < -0.3 is 19.0 Å². The van der Waals surface area contributed by atoms with Gasteiger partial charge in [0.05, 0.1) is 0 Å². The number of hydrogen-bond donors (Lipinski definition) is 0. The van der Waals surface area contributed by atoms with E-state index in [9.17, 15) is 9.59 Å². The minimum Gasteiger partial charge on any atom is -0.341 e. The molecule has 2 aliphatic rings. The average molecular weight is 321 g/mol. The summed E-state index contributed by atoms with van der Waals surface area (Å²) in [6.07, 6.45) is -0.440. The Morgan fingerprint density at radius 1 is 1.35 bits per heavy atom. The highest BCUT2D eigenvalue weighted by Crippen LogP contribution is 2.41. The number of aldehydes is 1. The Labute approximate surface area is 133 Å². The maximum atomic E-state index is 12.3. The Morgan fingerprint density at radius 2 is 2.04 bits per heavy atom. The SMILES string of the molecule is CC(C)=Nc1ccn(C2OC(C=O)C3OC(C)(C)OC32)c(=O)n1. The topological polar surface area (TPSA) is 92.0 Å². The fraction of sp³-hybridized carbons (Fsp3) is 0.600. The molecule has 2 fully saturated rings. The van der Waals surface area contributed by atoms with Gasteiger partial charge in [-0.25, -0.2) is 9.79 Å². The molecule has 124 valence electrons. The van der Waals surface area contributed by atoms with Crippen LogP contribution >= 0.6 is 0 Å². The molecule has 4 unspecified atom stereocenters. The largest absolute Gasteiger partial charge is 0.351 e. The van der Waals surface area contributed by atoms with E-state index in [1.165, 1.54) is 4.57 Å². The van der Waals surface area contributed by atoms with Crippen LogP contribution in [0.4, 0.5) is 5.82 Å². The van der Waals surface area contributed by atoms with Gasteiger partial charge in [-0.2, -0.15) is 4.98 Å². The molecule has 8 nitrogen and oxygen atoms in total. The summed E-state index contributed by atoms with van der Waals surface area (Å²) in [4.78, 5) is 31.6. The summed E-state index contributed by atoms with van der Waals surface area (Å²) in [6.45, 7) is 7.15. The minimum atomic E-state index is -0.834. The Hall–Kier alpha value is -1.90. The monoisotopic (exact) mass is 321 g/mol. The van der Waals surface area contributed by atoms with Crippen molar-refractivity contribution in [2.45, 2.75) is 58.0 Å². The third-order valence-electron chi connectivity index (χ3n) is 3.63. The first-order valence-corrected chi connectivity index (χ1v) is 7.38. The van der Waals surface area contributed by atoms with E-state index in [0.717, 1.165) is 5.71 Å². The molecule has 1 aromatic rings. The third kappa shape index (κ3) is 2.97. The number of ether oxygens (including phenoxy) is 3. The van der Waals surface area contributed by atoms with Gasteiger partial charge in [-0.3, -0.25) is 4.57 Å². The Kier molecular flexibility index (Phi) is 3.91. The molecule has 0 radical (unpaired) electrons. The summed E-state index contributed by atoms with van der Waals surface area (Å²) >= 11 is 0. The van der Waals surface area contributed by atoms with Crippen LogP contribution < -0.4 is 5.69 Å². The molecule has 3 heterocycles. The zero-order valence-corrected chi connectivity index (χ0v) is 13.4. The van der Waals surface area contributed by atoms with E-state index in [-0.39, 0.29) is 0 Å². The van der Waals surface area contributed by atoms with Crippen molar-refractivity contribution in [3.63, 3.8) is 0 Å². The molecule has 0 aliphatic carbocycles. The van der Waals surface area contributed by atoms with Crippen molar-refractivity contribution >= 4 is 17.8 Å². The lowest BCUT2D eigenvalue weighted by atomic mass is 10.1. The predicted octanol–water partition coefficient (Wildman–Crippen LogP) is 0.972. The Balaban J connectivity index is 1.94. The van der Waals surface area contributed by atoms with E-state index in [4.69, 9.17) is 14.2 Å². The van der Waals surface area contributed by atoms with Gasteiger partial charge in [0.25, 0.3) is 0 Å². The maximum Gasteiger partial charge on any atom is 0.351 e. The predicted molar refractivity (Wildman–Crippen MR) is 80.7 cm³/mol. The molecule has 2 saturated heterocycles. The van der Waals surface area contributed by atoms with Gasteiger partial charge in [0.1, 0.15) is 18.3 Å². The van der Waals surface area contributed by atoms with Gasteiger partial charge in [-0.1, -0.05) is 0 Å². The zero-order valence-electron chi connectivity index (χ0n) is 13.4. The van der Waals surface area contributed by atoms with E-state index in [1.807, 2.05) is 13.8 Å². The lowest BCUT2D eigenvalue weighted by Crippen LogP contribution is -2.34. The van der Waals surface area contributed by atoms with E-state index >= 15 is 0 Å². The molecule has 0 spiro atoms. The summed E-state index contributed by atoms with van der Waals surface area (Å²) in [7, 11) is 0. The molecule has 0 saturated carbocycles. The van der Waals surface area contributed by atoms with Crippen molar-refractivity contribution in [1.82, 2.24) is 9.55 Å². The summed E-state index contributed by atoms with van der Waals surface area (Å²) < 4.78 is 18.4. The van der Waals surface area contributed by atoms with E-state index < -0.39 is 36.0 Å². The smallest absolute Gasteiger partial charge is 0.341 e. The quantitative estimate of drug-likeness (QED) is 0.608. The van der Waals surface area contributed by atoms with Crippen molar-refractivity contribution in [3.05, 3.63) is 22.7 Å². The second kappa shape index (κ2) is 5.63. The van der Waals surface area contributed by atoms with Gasteiger partial charge in [-0.05, 0) is 33.8 Å². The second-order valence-corrected chi connectivity index (χ2v) is 6.23. The number of carbonyl (C=O) groups excluding carboxylic acids is 1. The van der Waals surface area contributed by atoms with E-state index in [0.29, 0.717) is 12.1 Å². The van der Waals surface area contributed by atoms with Crippen molar-refractivity contribution < 1.29 is 19.0 Å². The third-order valence-corrected chi connectivity index (χ3v) is 3.63. The van der Waals surface area contributed by atoms with Gasteiger partial charge >= 0.3 is 5.69 Å². The minimum absolute atomic E-state index is 0.330. The van der Waals surface area contributed by atoms with E-state index in [2.05, 4.69) is 9.98 Å². The van der Waals surface area contributed by atoms with Crippen molar-refractivity contribution in [2.75, 3.05) is 0 Å². The molecule has 4 atom stereocenters. The molecule has 23 heavy (non-hydrogen) atoms. The number of nitrogens with zero attached hydrogens (tertiary/aromatic N) is 3. The molecular formula is C15H19N3O5. The van der Waals surface area contributed by atoms with Crippen LogP contribution in [0, 0.1) is 0 Å². The van der Waals surface area contributed by atoms with Crippen LogP contribution in [-0.4, -0.2) is 45.6 Å². The number of carbonyl (C=O) groups is 1. The normalized spacial score (nSPS) is 31.7. The van der Waals surface area contributed by atoms with E-state index in [1.54, 1.807) is 26.1 Å². The van der Waals surface area contributed by atoms with Crippen LogP contribution in [0.15, 0.2) is 22.1 Å². The fourth-order valence-electron chi connectivity index (χ4n) is 2.83. The molecule has 3 rings (SSSR count). The molecule has 0 bridgehead atoms. The second-order valence-electron chi connectivity index (χ2n) is 6.23. The molecule has 1 aromatic heterocycles. The molecule has 0 amide bonds. The Bertz CT molecular complexity index is 707. The summed E-state index contributed by atoms with van der Waals surface area (Å²) in [5.41, 5.74) is 0.276. The lowest BCUT2D eigenvalue weighted by Gasteiger charge is -2.23. The van der Waals surface area contributed by atoms with Gasteiger partial charge in [-0.15, -0.1) is 0 Å². The van der Waals surface area contributed by atoms with Crippen LogP contribution in [-0.2, 0) is 19.0 Å². The standard InChI is InChI=1S/C15H19N3O5/c1-8(2)16-10-5-6-18(14(20)17-10)13-12-11(9(7-19)21-13)22-15(3,4)23-12/h5-7,9,11-13H,1-4H3. The highest BCUT2D eigenvalue weighted by molar-refractivity contribution is 5.81. The molecule has 0 N–H and O–H groups in total. The molecule has 0 aromatic carbocycles. The summed E-state index contributed by atoms with van der Waals surface area (Å²) in [6, 6.07) is 1.61. The van der Waals surface area contributed by atoms with Crippen LogP contribution in [0.5, 0.6) is 0 Å². The summed E-state index contributed by atoms with van der Waals surface area (Å²) in [5, 5.41) is 0. The molecule has 8 heteroatoms. The fourth-order valence-corrected chi connectivity index (χ4v) is 2.83. The molecule has 2 aliphatic heterocycles. The van der Waals surface area contributed by atoms with Crippen LogP contribution in [0.3, 0.4) is 0 Å². The maximum absolute atomic E-state index is 12.3. The van der Waals surface area contributed by atoms with Gasteiger partial charge in [0.15, 0.2) is 24.1 Å². The highest BCUT2D eigenvalue weighted by Gasteiger charge is 2.56. The van der Waals surface area contributed by atoms with Crippen LogP contribution in [0.25, 0.3) is 0 Å². The van der Waals surface area contributed by atoms with Gasteiger partial charge in [0.2, 0.25) is 0 Å². The van der Waals surface area contributed by atoms with Crippen molar-refractivity contribution in [2.24, 2.45) is 4.99 Å². The number of hydrogen-bond acceptors (Lipinski definition) is 7. The van der Waals surface area contributed by atoms with Crippen LogP contribution in [0.2, 0.25) is 0 Å². The van der Waals surface area contributed by atoms with Crippen LogP contribution in [0.1, 0.15) is 33.9 Å². The first-order chi connectivity index (χ1) is 10.8. The molecular weight excluding hydrogens is 302 g/mol. The average Bonchev–Trinajstić information content (AvgIpc) is 2.91. The van der Waals surface area contributed by atoms with Crippen molar-refractivity contribution in [1.29, 1.82) is 0 Å². The number of rotatable bonds is 3. The number of aliphatic imine (C=N–C) groups is 1. The number of aromatic nitrogens is 2. The first-order valence-electron chi connectivity index (χ1n) is 7.38.